The second-order valence-electron chi connectivity index (χ2n) is 7.23. The van der Waals surface area contributed by atoms with Gasteiger partial charge < -0.3 is 10.4 Å². The fourth-order valence-corrected chi connectivity index (χ4v) is 3.68. The van der Waals surface area contributed by atoms with E-state index in [1.807, 2.05) is 42.5 Å². The first-order chi connectivity index (χ1) is 13.7. The molecule has 1 fully saturated rings. The van der Waals surface area contributed by atoms with Crippen LogP contribution in [0.2, 0.25) is 0 Å². The fraction of sp³-hybridized carbons (Fsp3) is 0.261. The van der Waals surface area contributed by atoms with Crippen molar-refractivity contribution in [3.8, 4) is 0 Å². The summed E-state index contributed by atoms with van der Waals surface area (Å²) in [6, 6.07) is 16.1. The summed E-state index contributed by atoms with van der Waals surface area (Å²) in [6.45, 7) is 0. The summed E-state index contributed by atoms with van der Waals surface area (Å²) in [4.78, 5) is 21.3. The van der Waals surface area contributed by atoms with E-state index in [0.29, 0.717) is 11.1 Å². The minimum Gasteiger partial charge on any atom is -0.378 e. The largest absolute Gasteiger partial charge is 0.378 e. The highest BCUT2D eigenvalue weighted by atomic mass is 16.3. The van der Waals surface area contributed by atoms with Gasteiger partial charge in [0.2, 0.25) is 5.91 Å². The molecule has 4 rings (SSSR count). The molecule has 0 aliphatic heterocycles. The van der Waals surface area contributed by atoms with Gasteiger partial charge >= 0.3 is 0 Å². The van der Waals surface area contributed by atoms with Crippen molar-refractivity contribution in [2.24, 2.45) is 5.92 Å². The lowest BCUT2D eigenvalue weighted by Gasteiger charge is -2.39. The highest BCUT2D eigenvalue weighted by molar-refractivity contribution is 5.80. The van der Waals surface area contributed by atoms with Gasteiger partial charge in [-0.15, -0.1) is 0 Å². The molecule has 1 saturated carbocycles. The van der Waals surface area contributed by atoms with E-state index in [4.69, 9.17) is 0 Å². The first kappa shape index (κ1) is 18.3. The molecule has 1 atom stereocenters. The molecule has 1 aliphatic rings. The number of pyridine rings is 2. The third-order valence-electron chi connectivity index (χ3n) is 5.52. The second-order valence-corrected chi connectivity index (χ2v) is 7.23. The lowest BCUT2D eigenvalue weighted by Crippen LogP contribution is -2.47. The maximum absolute atomic E-state index is 12.9. The van der Waals surface area contributed by atoms with Gasteiger partial charge in [-0.3, -0.25) is 14.8 Å². The summed E-state index contributed by atoms with van der Waals surface area (Å²) >= 11 is 0. The first-order valence-electron chi connectivity index (χ1n) is 9.58. The Balaban J connectivity index is 1.84. The van der Waals surface area contributed by atoms with Gasteiger partial charge in [0.05, 0.1) is 6.04 Å². The third kappa shape index (κ3) is 3.41. The minimum absolute atomic E-state index is 0.0123. The van der Waals surface area contributed by atoms with Crippen LogP contribution in [0, 0.1) is 5.92 Å². The van der Waals surface area contributed by atoms with E-state index < -0.39 is 11.6 Å². The fourth-order valence-electron chi connectivity index (χ4n) is 3.68. The van der Waals surface area contributed by atoms with E-state index in [1.165, 1.54) is 0 Å². The lowest BCUT2D eigenvalue weighted by atomic mass is 9.77. The van der Waals surface area contributed by atoms with Crippen molar-refractivity contribution in [1.29, 1.82) is 0 Å². The number of nitrogens with one attached hydrogen (secondary N) is 1. The van der Waals surface area contributed by atoms with Crippen molar-refractivity contribution in [3.63, 3.8) is 0 Å². The van der Waals surface area contributed by atoms with E-state index in [1.54, 1.807) is 36.9 Å². The molecule has 5 nitrogen and oxygen atoms in total. The molecule has 0 spiro atoms. The maximum atomic E-state index is 12.9. The molecule has 142 valence electrons. The van der Waals surface area contributed by atoms with Crippen molar-refractivity contribution >= 4 is 5.91 Å². The van der Waals surface area contributed by atoms with E-state index in [9.17, 15) is 9.90 Å². The topological polar surface area (TPSA) is 75.1 Å². The summed E-state index contributed by atoms with van der Waals surface area (Å²) < 4.78 is 0. The van der Waals surface area contributed by atoms with Crippen LogP contribution >= 0.6 is 0 Å². The molecule has 0 bridgehead atoms. The molecule has 0 radical (unpaired) electrons. The van der Waals surface area contributed by atoms with Crippen LogP contribution in [0.1, 0.15) is 42.0 Å². The molecule has 1 amide bonds. The van der Waals surface area contributed by atoms with Gasteiger partial charge in [-0.05, 0) is 30.5 Å². The molecule has 2 heterocycles. The number of carbonyl (C=O) groups is 1. The van der Waals surface area contributed by atoms with Crippen LogP contribution < -0.4 is 5.32 Å². The molecular formula is C23H23N3O2. The predicted octanol–water partition coefficient (Wildman–Crippen LogP) is 3.37. The van der Waals surface area contributed by atoms with Crippen LogP contribution in [0.3, 0.4) is 0 Å². The summed E-state index contributed by atoms with van der Waals surface area (Å²) in [7, 11) is 0. The van der Waals surface area contributed by atoms with Crippen molar-refractivity contribution in [1.82, 2.24) is 15.3 Å². The Kier molecular flexibility index (Phi) is 5.17. The molecule has 28 heavy (non-hydrogen) atoms. The third-order valence-corrected chi connectivity index (χ3v) is 5.52. The molecule has 5 heteroatoms. The number of rotatable bonds is 6. The van der Waals surface area contributed by atoms with Gasteiger partial charge in [0, 0.05) is 41.8 Å². The predicted molar refractivity (Wildman–Crippen MR) is 106 cm³/mol. The van der Waals surface area contributed by atoms with Gasteiger partial charge in [0.15, 0.2) is 0 Å². The Morgan fingerprint density at radius 1 is 0.964 bits per heavy atom. The zero-order valence-corrected chi connectivity index (χ0v) is 15.5. The normalized spacial score (nSPS) is 15.5. The first-order valence-corrected chi connectivity index (χ1v) is 9.58. The number of nitrogens with zero attached hydrogens (tertiary/aromatic N) is 2. The van der Waals surface area contributed by atoms with Gasteiger partial charge in [-0.25, -0.2) is 0 Å². The molecule has 2 aromatic heterocycles. The minimum atomic E-state index is -1.51. The lowest BCUT2D eigenvalue weighted by molar-refractivity contribution is -0.130. The van der Waals surface area contributed by atoms with E-state index in [2.05, 4.69) is 15.3 Å². The number of aromatic nitrogens is 2. The molecule has 0 saturated heterocycles. The molecule has 1 aliphatic carbocycles. The molecule has 2 N–H and O–H groups in total. The zero-order chi connectivity index (χ0) is 19.4. The van der Waals surface area contributed by atoms with Crippen molar-refractivity contribution in [2.75, 3.05) is 0 Å². The Labute approximate surface area is 164 Å². The van der Waals surface area contributed by atoms with Crippen molar-refractivity contribution in [3.05, 3.63) is 96.1 Å². The van der Waals surface area contributed by atoms with E-state index in [-0.39, 0.29) is 11.8 Å². The molecular weight excluding hydrogens is 350 g/mol. The Morgan fingerprint density at radius 2 is 1.57 bits per heavy atom. The van der Waals surface area contributed by atoms with Gasteiger partial charge in [-0.2, -0.15) is 0 Å². The number of amides is 1. The summed E-state index contributed by atoms with van der Waals surface area (Å²) in [6.07, 6.45) is 9.47. The van der Waals surface area contributed by atoms with E-state index in [0.717, 1.165) is 24.8 Å². The second kappa shape index (κ2) is 7.90. The van der Waals surface area contributed by atoms with Gasteiger partial charge in [0.25, 0.3) is 0 Å². The number of carbonyl (C=O) groups excluding carboxylic acids is 1. The SMILES string of the molecule is O=C(N[C@H](c1ccccc1)C(O)(c1cccnc1)c1cccnc1)C1CCC1. The highest BCUT2D eigenvalue weighted by Crippen LogP contribution is 2.41. The standard InChI is InChI=1S/C23H23N3O2/c27-22(18-9-4-10-18)26-21(17-7-2-1-3-8-17)23(28,19-11-5-13-24-15-19)20-12-6-14-25-16-20/h1-3,5-8,11-16,18,21,28H,4,9-10H2,(H,26,27)/t21-/m1/s1. The number of benzene rings is 1. The van der Waals surface area contributed by atoms with Crippen LogP contribution in [0.5, 0.6) is 0 Å². The van der Waals surface area contributed by atoms with Crippen LogP contribution in [0.25, 0.3) is 0 Å². The van der Waals surface area contributed by atoms with Crippen molar-refractivity contribution in [2.45, 2.75) is 30.9 Å². The van der Waals surface area contributed by atoms with Crippen LogP contribution in [0.4, 0.5) is 0 Å². The average Bonchev–Trinajstić information content (AvgIpc) is 2.72. The average molecular weight is 373 g/mol. The van der Waals surface area contributed by atoms with Crippen LogP contribution in [0.15, 0.2) is 79.4 Å². The monoisotopic (exact) mass is 373 g/mol. The summed E-state index contributed by atoms with van der Waals surface area (Å²) in [5, 5.41) is 15.2. The number of aliphatic hydroxyl groups is 1. The Morgan fingerprint density at radius 3 is 2.04 bits per heavy atom. The van der Waals surface area contributed by atoms with Crippen LogP contribution in [-0.4, -0.2) is 21.0 Å². The Hall–Kier alpha value is -3.05. The quantitative estimate of drug-likeness (QED) is 0.695. The highest BCUT2D eigenvalue weighted by Gasteiger charge is 2.43. The van der Waals surface area contributed by atoms with E-state index >= 15 is 0 Å². The van der Waals surface area contributed by atoms with Gasteiger partial charge in [-0.1, -0.05) is 48.9 Å². The Bertz CT molecular complexity index is 873. The maximum Gasteiger partial charge on any atom is 0.223 e. The number of hydrogen-bond acceptors (Lipinski definition) is 4. The summed E-state index contributed by atoms with van der Waals surface area (Å²) in [5.41, 5.74) is 0.519. The van der Waals surface area contributed by atoms with Crippen LogP contribution in [-0.2, 0) is 10.4 Å². The van der Waals surface area contributed by atoms with Gasteiger partial charge in [0.1, 0.15) is 5.60 Å². The molecule has 1 aromatic carbocycles. The summed E-state index contributed by atoms with van der Waals surface area (Å²) in [5.74, 6) is -0.00966. The smallest absolute Gasteiger partial charge is 0.223 e. The molecule has 3 aromatic rings. The van der Waals surface area contributed by atoms with Crippen molar-refractivity contribution < 1.29 is 9.90 Å². The zero-order valence-electron chi connectivity index (χ0n) is 15.5. The number of hydrogen-bond donors (Lipinski definition) is 2. The molecule has 0 unspecified atom stereocenters.